The van der Waals surface area contributed by atoms with E-state index < -0.39 is 23.8 Å². The number of hydrogen-bond acceptors (Lipinski definition) is 3. The first-order valence-electron chi connectivity index (χ1n) is 6.21. The Morgan fingerprint density at radius 1 is 1.13 bits per heavy atom. The summed E-state index contributed by atoms with van der Waals surface area (Å²) >= 11 is 0. The molecular formula is C14H10F4N2O3. The van der Waals surface area contributed by atoms with Crippen LogP contribution in [0, 0.1) is 12.7 Å². The lowest BCUT2D eigenvalue weighted by Gasteiger charge is -2.11. The third kappa shape index (κ3) is 3.87. The minimum absolute atomic E-state index is 0.147. The summed E-state index contributed by atoms with van der Waals surface area (Å²) in [6, 6.07) is 4.01. The predicted octanol–water partition coefficient (Wildman–Crippen LogP) is 3.48. The monoisotopic (exact) mass is 330 g/mol. The van der Waals surface area contributed by atoms with E-state index in [1.54, 1.807) is 5.32 Å². The number of hydrogen-bond donors (Lipinski definition) is 2. The van der Waals surface area contributed by atoms with Gasteiger partial charge in [0.1, 0.15) is 11.6 Å². The van der Waals surface area contributed by atoms with Gasteiger partial charge in [-0.15, -0.1) is 0 Å². The van der Waals surface area contributed by atoms with Crippen molar-refractivity contribution >= 4 is 23.2 Å². The molecule has 1 aromatic carbocycles. The number of amides is 2. The molecule has 1 aromatic heterocycles. The van der Waals surface area contributed by atoms with Gasteiger partial charge in [0.2, 0.25) is 0 Å². The fourth-order valence-corrected chi connectivity index (χ4v) is 1.71. The van der Waals surface area contributed by atoms with Crippen LogP contribution in [0.4, 0.5) is 28.9 Å². The number of carbonyl (C=O) groups is 2. The zero-order valence-electron chi connectivity index (χ0n) is 11.6. The van der Waals surface area contributed by atoms with E-state index in [2.05, 4.69) is 5.32 Å². The molecule has 2 aromatic rings. The number of rotatable bonds is 3. The van der Waals surface area contributed by atoms with Crippen LogP contribution in [0.25, 0.3) is 0 Å². The highest BCUT2D eigenvalue weighted by atomic mass is 19.4. The minimum atomic E-state index is -5.08. The Kier molecular flexibility index (Phi) is 4.39. The molecule has 0 aliphatic heterocycles. The number of carbonyl (C=O) groups excluding carboxylic acids is 2. The van der Waals surface area contributed by atoms with E-state index in [4.69, 9.17) is 4.42 Å². The number of furan rings is 1. The molecule has 1 heterocycles. The Hall–Kier alpha value is -2.84. The Morgan fingerprint density at radius 2 is 1.83 bits per heavy atom. The molecule has 122 valence electrons. The Balaban J connectivity index is 2.19. The summed E-state index contributed by atoms with van der Waals surface area (Å²) in [7, 11) is 0. The van der Waals surface area contributed by atoms with E-state index in [1.165, 1.54) is 19.3 Å². The van der Waals surface area contributed by atoms with Crippen molar-refractivity contribution in [3.8, 4) is 0 Å². The quantitative estimate of drug-likeness (QED) is 0.847. The highest BCUT2D eigenvalue weighted by Gasteiger charge is 2.38. The number of alkyl halides is 3. The highest BCUT2D eigenvalue weighted by molar-refractivity contribution is 6.05. The zero-order chi connectivity index (χ0) is 17.2. The standard InChI is InChI=1S/C14H10F4N2O3/c1-7-9(4-5-23-7)12(21)20-11-6-8(2-3-10(11)15)19-13(22)14(16,17)18/h2-6H,1H3,(H,19,22)(H,20,21). The second kappa shape index (κ2) is 6.11. The maximum Gasteiger partial charge on any atom is 0.471 e. The van der Waals surface area contributed by atoms with Gasteiger partial charge in [-0.05, 0) is 31.2 Å². The minimum Gasteiger partial charge on any atom is -0.469 e. The SMILES string of the molecule is Cc1occc1C(=O)Nc1cc(NC(=O)C(F)(F)F)ccc1F. The van der Waals surface area contributed by atoms with Crippen molar-refractivity contribution in [1.29, 1.82) is 0 Å². The topological polar surface area (TPSA) is 71.3 Å². The molecule has 0 saturated heterocycles. The highest BCUT2D eigenvalue weighted by Crippen LogP contribution is 2.23. The van der Waals surface area contributed by atoms with Gasteiger partial charge in [-0.3, -0.25) is 9.59 Å². The molecule has 9 heteroatoms. The molecule has 0 radical (unpaired) electrons. The van der Waals surface area contributed by atoms with Crippen molar-refractivity contribution in [1.82, 2.24) is 0 Å². The maximum absolute atomic E-state index is 13.7. The van der Waals surface area contributed by atoms with Crippen molar-refractivity contribution in [2.45, 2.75) is 13.1 Å². The molecule has 0 saturated carbocycles. The number of benzene rings is 1. The van der Waals surface area contributed by atoms with Crippen LogP contribution >= 0.6 is 0 Å². The third-order valence-corrected chi connectivity index (χ3v) is 2.83. The van der Waals surface area contributed by atoms with Crippen molar-refractivity contribution in [3.63, 3.8) is 0 Å². The van der Waals surface area contributed by atoms with E-state index in [-0.39, 0.29) is 16.9 Å². The van der Waals surface area contributed by atoms with Crippen molar-refractivity contribution in [2.24, 2.45) is 0 Å². The molecule has 0 atom stereocenters. The Bertz CT molecular complexity index is 753. The van der Waals surface area contributed by atoms with Gasteiger partial charge in [-0.1, -0.05) is 0 Å². The Morgan fingerprint density at radius 3 is 2.39 bits per heavy atom. The van der Waals surface area contributed by atoms with Crippen LogP contribution in [0.3, 0.4) is 0 Å². The van der Waals surface area contributed by atoms with Crippen LogP contribution in [-0.4, -0.2) is 18.0 Å². The zero-order valence-corrected chi connectivity index (χ0v) is 11.6. The summed E-state index contributed by atoms with van der Waals surface area (Å²) in [6.45, 7) is 1.52. The average Bonchev–Trinajstić information content (AvgIpc) is 2.87. The smallest absolute Gasteiger partial charge is 0.469 e. The van der Waals surface area contributed by atoms with E-state index in [1.807, 2.05) is 0 Å². The molecular weight excluding hydrogens is 320 g/mol. The molecule has 2 rings (SSSR count). The van der Waals surface area contributed by atoms with Crippen LogP contribution in [0.5, 0.6) is 0 Å². The molecule has 0 fully saturated rings. The summed E-state index contributed by atoms with van der Waals surface area (Å²) in [5.41, 5.74) is -0.544. The van der Waals surface area contributed by atoms with Crippen LogP contribution in [-0.2, 0) is 4.79 Å². The summed E-state index contributed by atoms with van der Waals surface area (Å²) in [6.07, 6.45) is -3.81. The molecule has 0 bridgehead atoms. The van der Waals surface area contributed by atoms with Gasteiger partial charge in [0.05, 0.1) is 17.5 Å². The molecule has 0 aliphatic rings. The van der Waals surface area contributed by atoms with Gasteiger partial charge >= 0.3 is 12.1 Å². The van der Waals surface area contributed by atoms with Gasteiger partial charge in [0.15, 0.2) is 0 Å². The average molecular weight is 330 g/mol. The van der Waals surface area contributed by atoms with E-state index in [0.29, 0.717) is 5.76 Å². The van der Waals surface area contributed by atoms with Gasteiger partial charge in [0.25, 0.3) is 5.91 Å². The molecule has 0 spiro atoms. The summed E-state index contributed by atoms with van der Waals surface area (Å²) in [5.74, 6) is -3.48. The first kappa shape index (κ1) is 16.5. The van der Waals surface area contributed by atoms with Gasteiger partial charge in [-0.25, -0.2) is 4.39 Å². The molecule has 0 unspecified atom stereocenters. The number of halogens is 4. The predicted molar refractivity (Wildman–Crippen MR) is 72.5 cm³/mol. The van der Waals surface area contributed by atoms with Crippen molar-refractivity contribution in [2.75, 3.05) is 10.6 Å². The van der Waals surface area contributed by atoms with E-state index in [0.717, 1.165) is 18.2 Å². The van der Waals surface area contributed by atoms with Crippen LogP contribution in [0.2, 0.25) is 0 Å². The second-order valence-electron chi connectivity index (χ2n) is 4.49. The summed E-state index contributed by atoms with van der Waals surface area (Å²) < 4.78 is 55.2. The summed E-state index contributed by atoms with van der Waals surface area (Å²) in [5, 5.41) is 3.77. The number of nitrogens with one attached hydrogen (secondary N) is 2. The maximum atomic E-state index is 13.7. The second-order valence-corrected chi connectivity index (χ2v) is 4.49. The van der Waals surface area contributed by atoms with Crippen molar-refractivity contribution in [3.05, 3.63) is 47.7 Å². The molecule has 2 amide bonds. The number of aryl methyl sites for hydroxylation is 1. The summed E-state index contributed by atoms with van der Waals surface area (Å²) in [4.78, 5) is 22.8. The first-order valence-corrected chi connectivity index (χ1v) is 6.21. The molecule has 5 nitrogen and oxygen atoms in total. The van der Waals surface area contributed by atoms with Gasteiger partial charge in [-0.2, -0.15) is 13.2 Å². The van der Waals surface area contributed by atoms with Crippen LogP contribution in [0.1, 0.15) is 16.1 Å². The molecule has 0 aliphatic carbocycles. The fraction of sp³-hybridized carbons (Fsp3) is 0.143. The van der Waals surface area contributed by atoms with Crippen LogP contribution < -0.4 is 10.6 Å². The first-order chi connectivity index (χ1) is 10.7. The van der Waals surface area contributed by atoms with E-state index >= 15 is 0 Å². The third-order valence-electron chi connectivity index (χ3n) is 2.83. The number of anilines is 2. The lowest BCUT2D eigenvalue weighted by atomic mass is 10.2. The fourth-order valence-electron chi connectivity index (χ4n) is 1.71. The van der Waals surface area contributed by atoms with Crippen molar-refractivity contribution < 1.29 is 31.6 Å². The van der Waals surface area contributed by atoms with Gasteiger partial charge in [0, 0.05) is 5.69 Å². The van der Waals surface area contributed by atoms with Gasteiger partial charge < -0.3 is 15.1 Å². The lowest BCUT2D eigenvalue weighted by molar-refractivity contribution is -0.167. The lowest BCUT2D eigenvalue weighted by Crippen LogP contribution is -2.30. The molecule has 2 N–H and O–H groups in total. The largest absolute Gasteiger partial charge is 0.471 e. The Labute approximate surface area is 127 Å². The van der Waals surface area contributed by atoms with E-state index in [9.17, 15) is 27.2 Å². The normalized spacial score (nSPS) is 11.2. The van der Waals surface area contributed by atoms with Crippen LogP contribution in [0.15, 0.2) is 34.9 Å². The molecule has 23 heavy (non-hydrogen) atoms.